The van der Waals surface area contributed by atoms with Gasteiger partial charge in [0.05, 0.1) is 18.9 Å². The van der Waals surface area contributed by atoms with Crippen molar-refractivity contribution < 1.29 is 4.74 Å². The minimum absolute atomic E-state index is 0.643. The maximum atomic E-state index is 5.46. The van der Waals surface area contributed by atoms with E-state index in [2.05, 4.69) is 16.2 Å². The molecule has 0 bridgehead atoms. The lowest BCUT2D eigenvalue weighted by Gasteiger charge is -2.18. The van der Waals surface area contributed by atoms with Crippen molar-refractivity contribution in [2.24, 2.45) is 0 Å². The second-order valence-corrected chi connectivity index (χ2v) is 4.89. The molecule has 1 aromatic heterocycles. The molecule has 1 aromatic rings. The summed E-state index contributed by atoms with van der Waals surface area (Å²) in [6.45, 7) is 1.50. The smallest absolute Gasteiger partial charge is 0.132 e. The number of aromatic nitrogens is 2. The van der Waals surface area contributed by atoms with E-state index in [9.17, 15) is 0 Å². The Hall–Kier alpha value is -0.610. The Morgan fingerprint density at radius 3 is 2.93 bits per heavy atom. The summed E-state index contributed by atoms with van der Waals surface area (Å²) in [5.74, 6) is 1.71. The Labute approximate surface area is 93.7 Å². The summed E-state index contributed by atoms with van der Waals surface area (Å²) in [6.07, 6.45) is 5.56. The molecular formula is C11H14N2OS. The summed E-state index contributed by atoms with van der Waals surface area (Å²) in [5, 5.41) is 1.13. The highest BCUT2D eigenvalue weighted by atomic mass is 32.2. The highest BCUT2D eigenvalue weighted by Gasteiger charge is 2.29. The normalized spacial score (nSPS) is 20.1. The Morgan fingerprint density at radius 2 is 2.20 bits per heavy atom. The van der Waals surface area contributed by atoms with Crippen LogP contribution in [-0.2, 0) is 17.8 Å². The van der Waals surface area contributed by atoms with Gasteiger partial charge in [0.15, 0.2) is 0 Å². The van der Waals surface area contributed by atoms with Gasteiger partial charge in [-0.3, -0.25) is 0 Å². The molecule has 0 atom stereocenters. The summed E-state index contributed by atoms with van der Waals surface area (Å²) in [6, 6.07) is 0. The third kappa shape index (κ3) is 1.76. The van der Waals surface area contributed by atoms with E-state index < -0.39 is 0 Å². The van der Waals surface area contributed by atoms with E-state index in [-0.39, 0.29) is 0 Å². The summed E-state index contributed by atoms with van der Waals surface area (Å²) < 4.78 is 5.46. The number of hydrogen-bond acceptors (Lipinski definition) is 4. The van der Waals surface area contributed by atoms with E-state index >= 15 is 0 Å². The standard InChI is InChI=1S/C11H14N2OS/c1-15-11-8-6-14-5-4-9(8)12-10(13-11)7-2-3-7/h7H,2-6H2,1H3. The molecule has 0 saturated heterocycles. The van der Waals surface area contributed by atoms with E-state index in [4.69, 9.17) is 4.74 Å². The molecule has 0 unspecified atom stereocenters. The molecule has 1 fully saturated rings. The van der Waals surface area contributed by atoms with Crippen LogP contribution in [0.2, 0.25) is 0 Å². The molecule has 2 aliphatic rings. The van der Waals surface area contributed by atoms with E-state index in [1.54, 1.807) is 11.8 Å². The molecule has 0 spiro atoms. The van der Waals surface area contributed by atoms with Crippen molar-refractivity contribution in [1.29, 1.82) is 0 Å². The first kappa shape index (κ1) is 9.60. The fourth-order valence-electron chi connectivity index (χ4n) is 1.91. The topological polar surface area (TPSA) is 35.0 Å². The predicted molar refractivity (Wildman–Crippen MR) is 59.1 cm³/mol. The zero-order chi connectivity index (χ0) is 10.3. The van der Waals surface area contributed by atoms with Crippen molar-refractivity contribution in [3.05, 3.63) is 17.1 Å². The minimum atomic E-state index is 0.643. The van der Waals surface area contributed by atoms with Crippen molar-refractivity contribution in [2.75, 3.05) is 12.9 Å². The molecule has 4 heteroatoms. The fourth-order valence-corrected chi connectivity index (χ4v) is 2.52. The van der Waals surface area contributed by atoms with Crippen molar-refractivity contribution >= 4 is 11.8 Å². The van der Waals surface area contributed by atoms with E-state index in [0.717, 1.165) is 23.9 Å². The summed E-state index contributed by atoms with van der Waals surface area (Å²) in [5.41, 5.74) is 2.45. The van der Waals surface area contributed by atoms with Gasteiger partial charge in [-0.1, -0.05) is 0 Å². The van der Waals surface area contributed by atoms with Crippen LogP contribution in [0.15, 0.2) is 5.03 Å². The van der Waals surface area contributed by atoms with Crippen LogP contribution in [0.1, 0.15) is 35.8 Å². The fraction of sp³-hybridized carbons (Fsp3) is 0.636. The molecule has 1 aliphatic heterocycles. The van der Waals surface area contributed by atoms with Crippen LogP contribution in [0.25, 0.3) is 0 Å². The molecule has 15 heavy (non-hydrogen) atoms. The SMILES string of the molecule is CSc1nc(C2CC2)nc2c1COCC2. The van der Waals surface area contributed by atoms with Gasteiger partial charge >= 0.3 is 0 Å². The van der Waals surface area contributed by atoms with Gasteiger partial charge in [0.1, 0.15) is 10.9 Å². The number of hydrogen-bond donors (Lipinski definition) is 0. The number of thioether (sulfide) groups is 1. The van der Waals surface area contributed by atoms with Gasteiger partial charge in [-0.25, -0.2) is 9.97 Å². The zero-order valence-electron chi connectivity index (χ0n) is 8.82. The van der Waals surface area contributed by atoms with Crippen molar-refractivity contribution in [1.82, 2.24) is 9.97 Å². The Kier molecular flexibility index (Phi) is 2.41. The van der Waals surface area contributed by atoms with Crippen LogP contribution in [0.4, 0.5) is 0 Å². The van der Waals surface area contributed by atoms with Gasteiger partial charge in [0, 0.05) is 17.9 Å². The number of rotatable bonds is 2. The molecular weight excluding hydrogens is 208 g/mol. The quantitative estimate of drug-likeness (QED) is 0.567. The van der Waals surface area contributed by atoms with Crippen molar-refractivity contribution in [3.63, 3.8) is 0 Å². The van der Waals surface area contributed by atoms with E-state index in [1.807, 2.05) is 0 Å². The molecule has 1 aliphatic carbocycles. The molecule has 0 N–H and O–H groups in total. The van der Waals surface area contributed by atoms with E-state index in [1.165, 1.54) is 24.1 Å². The van der Waals surface area contributed by atoms with Gasteiger partial charge in [0.2, 0.25) is 0 Å². The molecule has 3 nitrogen and oxygen atoms in total. The van der Waals surface area contributed by atoms with Gasteiger partial charge < -0.3 is 4.74 Å². The average Bonchev–Trinajstić information content (AvgIpc) is 3.11. The first-order valence-corrected chi connectivity index (χ1v) is 6.62. The number of nitrogens with zero attached hydrogens (tertiary/aromatic N) is 2. The number of fused-ring (bicyclic) bond motifs is 1. The zero-order valence-corrected chi connectivity index (χ0v) is 9.64. The van der Waals surface area contributed by atoms with Crippen molar-refractivity contribution in [3.8, 4) is 0 Å². The van der Waals surface area contributed by atoms with Gasteiger partial charge in [0.25, 0.3) is 0 Å². The average molecular weight is 222 g/mol. The molecule has 0 aromatic carbocycles. The third-order valence-corrected chi connectivity index (χ3v) is 3.66. The van der Waals surface area contributed by atoms with Crippen LogP contribution in [0.3, 0.4) is 0 Å². The first-order chi connectivity index (χ1) is 7.38. The maximum absolute atomic E-state index is 5.46. The van der Waals surface area contributed by atoms with Gasteiger partial charge in [-0.2, -0.15) is 0 Å². The maximum Gasteiger partial charge on any atom is 0.132 e. The van der Waals surface area contributed by atoms with Crippen LogP contribution >= 0.6 is 11.8 Å². The lowest BCUT2D eigenvalue weighted by atomic mass is 10.1. The van der Waals surface area contributed by atoms with Crippen LogP contribution in [0.5, 0.6) is 0 Å². The second-order valence-electron chi connectivity index (χ2n) is 4.09. The molecule has 1 saturated carbocycles. The largest absolute Gasteiger partial charge is 0.376 e. The van der Waals surface area contributed by atoms with Gasteiger partial charge in [-0.15, -0.1) is 11.8 Å². The third-order valence-electron chi connectivity index (χ3n) is 2.94. The first-order valence-electron chi connectivity index (χ1n) is 5.40. The summed E-state index contributed by atoms with van der Waals surface area (Å²) in [4.78, 5) is 9.32. The Balaban J connectivity index is 2.06. The van der Waals surface area contributed by atoms with Crippen LogP contribution < -0.4 is 0 Å². The molecule has 0 radical (unpaired) electrons. The Morgan fingerprint density at radius 1 is 1.33 bits per heavy atom. The van der Waals surface area contributed by atoms with Crippen LogP contribution in [0, 0.1) is 0 Å². The highest BCUT2D eigenvalue weighted by Crippen LogP contribution is 2.39. The molecule has 2 heterocycles. The Bertz CT molecular complexity index is 373. The second kappa shape index (κ2) is 3.76. The van der Waals surface area contributed by atoms with E-state index in [0.29, 0.717) is 12.5 Å². The molecule has 80 valence electrons. The van der Waals surface area contributed by atoms with Crippen molar-refractivity contribution in [2.45, 2.75) is 36.8 Å². The molecule has 0 amide bonds. The van der Waals surface area contributed by atoms with Gasteiger partial charge in [-0.05, 0) is 19.1 Å². The lowest BCUT2D eigenvalue weighted by molar-refractivity contribution is 0.106. The highest BCUT2D eigenvalue weighted by molar-refractivity contribution is 7.98. The number of ether oxygens (including phenoxy) is 1. The monoisotopic (exact) mass is 222 g/mol. The molecule has 3 rings (SSSR count). The van der Waals surface area contributed by atoms with Crippen LogP contribution in [-0.4, -0.2) is 22.8 Å². The summed E-state index contributed by atoms with van der Waals surface area (Å²) in [7, 11) is 0. The lowest BCUT2D eigenvalue weighted by Crippen LogP contribution is -2.15. The predicted octanol–water partition coefficient (Wildman–Crippen LogP) is 2.15. The minimum Gasteiger partial charge on any atom is -0.376 e. The summed E-state index contributed by atoms with van der Waals surface area (Å²) >= 11 is 1.71.